The lowest BCUT2D eigenvalue weighted by Gasteiger charge is -2.37. The number of hydrogen-bond acceptors (Lipinski definition) is 16. The molecule has 3 atom stereocenters. The monoisotopic (exact) mass is 952 g/mol. The number of methoxy groups -OCH3 is 2. The molecule has 0 spiro atoms. The Bertz CT molecular complexity index is 2300. The summed E-state index contributed by atoms with van der Waals surface area (Å²) in [6.07, 6.45) is -1.25. The van der Waals surface area contributed by atoms with Crippen LogP contribution in [-0.4, -0.2) is 88.7 Å². The van der Waals surface area contributed by atoms with Gasteiger partial charge in [0.2, 0.25) is 0 Å². The number of rotatable bonds is 21. The first-order valence-electron chi connectivity index (χ1n) is 20.8. The van der Waals surface area contributed by atoms with Crippen LogP contribution in [0.3, 0.4) is 0 Å². The third-order valence-corrected chi connectivity index (χ3v) is 14.3. The minimum Gasteiger partial charge on any atom is -0.497 e. The van der Waals surface area contributed by atoms with Crippen molar-refractivity contribution in [2.24, 2.45) is 15.9 Å². The molecule has 65 heavy (non-hydrogen) atoms. The number of benzene rings is 3. The zero-order valence-corrected chi connectivity index (χ0v) is 40.3. The average molecular weight is 953 g/mol. The fraction of sp³-hybridized carbons (Fsp3) is 0.467. The van der Waals surface area contributed by atoms with Crippen LogP contribution in [0.2, 0.25) is 0 Å². The first-order valence-corrected chi connectivity index (χ1v) is 24.2. The molecule has 17 nitrogen and oxygen atoms in total. The zero-order valence-electron chi connectivity index (χ0n) is 37.8. The Morgan fingerprint density at radius 2 is 1.37 bits per heavy atom. The van der Waals surface area contributed by atoms with Crippen molar-refractivity contribution in [1.29, 1.82) is 0 Å². The number of aliphatic hydroxyl groups excluding tert-OH is 1. The minimum absolute atomic E-state index is 0.102. The number of azide groups is 1. The molecule has 0 amide bonds. The largest absolute Gasteiger partial charge is 0.497 e. The molecule has 3 aromatic carbocycles. The number of phosphoric ester groups is 1. The van der Waals surface area contributed by atoms with E-state index in [1.165, 1.54) is 10.8 Å². The maximum absolute atomic E-state index is 14.1. The van der Waals surface area contributed by atoms with Gasteiger partial charge in [0, 0.05) is 39.9 Å². The van der Waals surface area contributed by atoms with Crippen LogP contribution in [0.1, 0.15) is 70.9 Å². The van der Waals surface area contributed by atoms with Gasteiger partial charge in [-0.25, -0.2) is 9.36 Å². The van der Waals surface area contributed by atoms with E-state index in [4.69, 9.17) is 27.8 Å². The smallest absolute Gasteiger partial charge is 0.474 e. The van der Waals surface area contributed by atoms with Crippen LogP contribution in [0.15, 0.2) is 101 Å². The number of nitrogens with zero attached hydrogens (tertiary/aromatic N) is 5. The second-order valence-corrected chi connectivity index (χ2v) is 20.9. The molecule has 1 aromatic heterocycles. The van der Waals surface area contributed by atoms with E-state index in [0.29, 0.717) is 11.5 Å². The summed E-state index contributed by atoms with van der Waals surface area (Å²) in [6, 6.07) is 26.4. The lowest BCUT2D eigenvalue weighted by Crippen LogP contribution is -2.47. The highest BCUT2D eigenvalue weighted by Crippen LogP contribution is 2.52. The van der Waals surface area contributed by atoms with E-state index in [0.717, 1.165) is 40.2 Å². The van der Waals surface area contributed by atoms with E-state index >= 15 is 0 Å². The number of thioether (sulfide) groups is 2. The van der Waals surface area contributed by atoms with E-state index < -0.39 is 61.0 Å². The standard InChI is InChI=1S/C45H57N6O11PS2/c1-42(2,3)39(53)64-26-24-59-63(56,60-25-27-65-40(54)43(4,5)6)61-30-44(29-47-50-46)36(52)28-38(62-44)51-23-22-37(48-41(51)55)49-45(31-12-10-9-11-13-31,32-14-18-34(57-7)19-15-32)33-16-20-35(58-8)21-17-33/h9-23,36,38,52H,24-30H2,1-8H3,(H,48,49,55)/t36-,38+,44+/m0/s1. The van der Waals surface area contributed by atoms with Crippen molar-refractivity contribution < 1.29 is 47.0 Å². The second kappa shape index (κ2) is 22.2. The Hall–Kier alpha value is -4.68. The lowest BCUT2D eigenvalue weighted by molar-refractivity contribution is -0.121. The number of anilines is 1. The van der Waals surface area contributed by atoms with Gasteiger partial charge in [0.05, 0.1) is 46.7 Å². The van der Waals surface area contributed by atoms with Crippen LogP contribution in [0.25, 0.3) is 10.4 Å². The minimum atomic E-state index is -4.47. The fourth-order valence-electron chi connectivity index (χ4n) is 6.72. The summed E-state index contributed by atoms with van der Waals surface area (Å²) in [5.74, 6) is 1.78. The summed E-state index contributed by atoms with van der Waals surface area (Å²) in [7, 11) is -1.29. The molecule has 5 rings (SSSR count). The van der Waals surface area contributed by atoms with E-state index in [1.54, 1.807) is 61.8 Å². The molecule has 20 heteroatoms. The van der Waals surface area contributed by atoms with E-state index in [-0.39, 0.29) is 47.2 Å². The van der Waals surface area contributed by atoms with Gasteiger partial charge in [-0.3, -0.25) is 27.7 Å². The van der Waals surface area contributed by atoms with Crippen molar-refractivity contribution >= 4 is 47.4 Å². The van der Waals surface area contributed by atoms with Crippen molar-refractivity contribution in [2.45, 2.75) is 71.4 Å². The fourth-order valence-corrected chi connectivity index (χ4v) is 9.77. The first kappa shape index (κ1) is 51.3. The predicted molar refractivity (Wildman–Crippen MR) is 251 cm³/mol. The van der Waals surface area contributed by atoms with Gasteiger partial charge >= 0.3 is 13.5 Å². The normalized spacial score (nSPS) is 17.9. The Labute approximate surface area is 387 Å². The quantitative estimate of drug-likeness (QED) is 0.0199. The average Bonchev–Trinajstić information content (AvgIpc) is 3.61. The van der Waals surface area contributed by atoms with E-state index in [9.17, 15) is 29.6 Å². The number of carbonyl (C=O) groups excluding carboxylic acids is 2. The number of hydrogen-bond donors (Lipinski definition) is 2. The number of aliphatic hydroxyl groups is 1. The number of phosphoric acid groups is 1. The van der Waals surface area contributed by atoms with Gasteiger partial charge in [-0.15, -0.1) is 0 Å². The van der Waals surface area contributed by atoms with Crippen molar-refractivity contribution in [1.82, 2.24) is 9.55 Å². The van der Waals surface area contributed by atoms with Gasteiger partial charge in [0.15, 0.2) is 10.2 Å². The maximum Gasteiger partial charge on any atom is 0.474 e. The molecule has 0 unspecified atom stereocenters. The molecule has 0 radical (unpaired) electrons. The molecule has 1 aliphatic rings. The Morgan fingerprint density at radius 3 is 1.83 bits per heavy atom. The highest BCUT2D eigenvalue weighted by Gasteiger charge is 2.51. The third-order valence-electron chi connectivity index (χ3n) is 10.3. The van der Waals surface area contributed by atoms with Gasteiger partial charge in [0.1, 0.15) is 34.7 Å². The molecule has 0 saturated carbocycles. The summed E-state index contributed by atoms with van der Waals surface area (Å²) >= 11 is 2.00. The molecule has 1 fully saturated rings. The molecule has 1 saturated heterocycles. The predicted octanol–water partition coefficient (Wildman–Crippen LogP) is 8.76. The molecule has 0 aliphatic carbocycles. The Morgan fingerprint density at radius 1 is 0.862 bits per heavy atom. The SMILES string of the molecule is COc1ccc(C(Nc2ccn([C@H]3C[C@H](O)[C@@](CN=[N+]=[N-])(COP(=O)(OCCSC(=O)C(C)(C)C)OCCSC(=O)C(C)(C)C)O3)c(=O)n2)(c2ccccc2)c2ccc(OC)cc2)cc1. The topological polar surface area (TPSA) is 222 Å². The van der Waals surface area contributed by atoms with Crippen LogP contribution in [-0.2, 0) is 38.0 Å². The molecule has 2 N–H and O–H groups in total. The molecule has 1 aliphatic heterocycles. The Balaban J connectivity index is 1.42. The molecular weight excluding hydrogens is 896 g/mol. The van der Waals surface area contributed by atoms with Gasteiger partial charge in [-0.2, -0.15) is 4.98 Å². The summed E-state index contributed by atoms with van der Waals surface area (Å²) in [4.78, 5) is 46.3. The first-order chi connectivity index (χ1) is 30.8. The number of ether oxygens (including phenoxy) is 3. The van der Waals surface area contributed by atoms with Crippen LogP contribution < -0.4 is 20.5 Å². The number of nitrogens with one attached hydrogen (secondary N) is 1. The van der Waals surface area contributed by atoms with Gasteiger partial charge in [-0.05, 0) is 52.6 Å². The van der Waals surface area contributed by atoms with Gasteiger partial charge < -0.3 is 24.6 Å². The van der Waals surface area contributed by atoms with Gasteiger partial charge in [-0.1, -0.05) is 125 Å². The summed E-state index contributed by atoms with van der Waals surface area (Å²) in [5, 5.41) is 18.6. The highest BCUT2D eigenvalue weighted by atomic mass is 32.2. The third kappa shape index (κ3) is 13.0. The molecule has 0 bridgehead atoms. The van der Waals surface area contributed by atoms with Crippen LogP contribution in [0, 0.1) is 10.8 Å². The van der Waals surface area contributed by atoms with Crippen LogP contribution in [0.4, 0.5) is 5.82 Å². The molecule has 4 aromatic rings. The van der Waals surface area contributed by atoms with Crippen molar-refractivity contribution in [3.63, 3.8) is 0 Å². The van der Waals surface area contributed by atoms with Crippen LogP contribution in [0.5, 0.6) is 11.5 Å². The molecule has 2 heterocycles. The number of aromatic nitrogens is 2. The summed E-state index contributed by atoms with van der Waals surface area (Å²) in [5.41, 5.74) is 6.90. The second-order valence-electron chi connectivity index (χ2n) is 17.1. The number of carbonyl (C=O) groups is 2. The maximum atomic E-state index is 14.1. The van der Waals surface area contributed by atoms with Crippen molar-refractivity contribution in [2.75, 3.05) is 57.4 Å². The van der Waals surface area contributed by atoms with E-state index in [1.807, 2.05) is 78.9 Å². The summed E-state index contributed by atoms with van der Waals surface area (Å²) < 4.78 is 49.6. The van der Waals surface area contributed by atoms with Gasteiger partial charge in [0.25, 0.3) is 0 Å². The molecular formula is C45H57N6O11PS2. The lowest BCUT2D eigenvalue weighted by atomic mass is 9.77. The zero-order chi connectivity index (χ0) is 47.5. The summed E-state index contributed by atoms with van der Waals surface area (Å²) in [6.45, 7) is 9.10. The van der Waals surface area contributed by atoms with Crippen molar-refractivity contribution in [3.8, 4) is 11.5 Å². The van der Waals surface area contributed by atoms with Crippen LogP contribution >= 0.6 is 31.3 Å². The van der Waals surface area contributed by atoms with E-state index in [2.05, 4.69) is 20.3 Å². The Kier molecular flexibility index (Phi) is 17.5. The molecule has 350 valence electrons. The van der Waals surface area contributed by atoms with Crippen molar-refractivity contribution in [3.05, 3.63) is 129 Å². The highest BCUT2D eigenvalue weighted by molar-refractivity contribution is 8.14.